The fraction of sp³-hybridized carbons (Fsp3) is 0.933. The Bertz CT molecular complexity index is 255. The van der Waals surface area contributed by atoms with Crippen molar-refractivity contribution >= 4 is 5.97 Å². The highest BCUT2D eigenvalue weighted by atomic mass is 16.5. The van der Waals surface area contributed by atoms with Crippen molar-refractivity contribution in [2.24, 2.45) is 5.73 Å². The van der Waals surface area contributed by atoms with Gasteiger partial charge in [-0.05, 0) is 46.6 Å². The topological polar surface area (TPSA) is 55.6 Å². The number of ether oxygens (including phenoxy) is 1. The van der Waals surface area contributed by atoms with E-state index in [-0.39, 0.29) is 5.97 Å². The summed E-state index contributed by atoms with van der Waals surface area (Å²) >= 11 is 0. The zero-order valence-corrected chi connectivity index (χ0v) is 13.4. The lowest BCUT2D eigenvalue weighted by Gasteiger charge is -2.31. The summed E-state index contributed by atoms with van der Waals surface area (Å²) in [4.78, 5) is 14.2. The lowest BCUT2D eigenvalue weighted by Crippen LogP contribution is -2.49. The molecule has 4 nitrogen and oxygen atoms in total. The summed E-state index contributed by atoms with van der Waals surface area (Å²) < 4.78 is 5.02. The lowest BCUT2D eigenvalue weighted by molar-refractivity contribution is -0.149. The molecule has 0 saturated heterocycles. The SMILES string of the molecule is CCCCN(CCC(C)(N)C(=O)OCC)C(C)CC. The average Bonchev–Trinajstić information content (AvgIpc) is 2.38. The second kappa shape index (κ2) is 9.32. The lowest BCUT2D eigenvalue weighted by atomic mass is 9.98. The number of hydrogen-bond acceptors (Lipinski definition) is 4. The molecule has 19 heavy (non-hydrogen) atoms. The molecule has 0 heterocycles. The second-order valence-corrected chi connectivity index (χ2v) is 5.53. The number of rotatable bonds is 10. The number of carbonyl (C=O) groups is 1. The standard InChI is InChI=1S/C15H32N2O2/c1-6-9-11-17(13(4)7-2)12-10-15(5,16)14(18)19-8-3/h13H,6-12,16H2,1-5H3. The van der Waals surface area contributed by atoms with Crippen LogP contribution in [-0.2, 0) is 9.53 Å². The van der Waals surface area contributed by atoms with Crippen LogP contribution in [-0.4, -0.2) is 42.1 Å². The van der Waals surface area contributed by atoms with Gasteiger partial charge in [0.2, 0.25) is 0 Å². The largest absolute Gasteiger partial charge is 0.465 e. The van der Waals surface area contributed by atoms with Crippen LogP contribution in [0.5, 0.6) is 0 Å². The smallest absolute Gasteiger partial charge is 0.325 e. The fourth-order valence-electron chi connectivity index (χ4n) is 1.95. The summed E-state index contributed by atoms with van der Waals surface area (Å²) in [6, 6.07) is 0.532. The molecule has 114 valence electrons. The second-order valence-electron chi connectivity index (χ2n) is 5.53. The average molecular weight is 272 g/mol. The first-order chi connectivity index (χ1) is 8.88. The Balaban J connectivity index is 4.39. The maximum atomic E-state index is 11.8. The maximum Gasteiger partial charge on any atom is 0.325 e. The summed E-state index contributed by atoms with van der Waals surface area (Å²) in [6.07, 6.45) is 4.13. The van der Waals surface area contributed by atoms with Gasteiger partial charge in [0.25, 0.3) is 0 Å². The predicted octanol–water partition coefficient (Wildman–Crippen LogP) is 2.56. The van der Waals surface area contributed by atoms with Crippen LogP contribution >= 0.6 is 0 Å². The third-order valence-corrected chi connectivity index (χ3v) is 3.67. The first-order valence-electron chi connectivity index (χ1n) is 7.59. The molecule has 2 unspecified atom stereocenters. The molecular weight excluding hydrogens is 240 g/mol. The van der Waals surface area contributed by atoms with Gasteiger partial charge in [-0.3, -0.25) is 4.79 Å². The van der Waals surface area contributed by atoms with E-state index in [0.29, 0.717) is 19.1 Å². The fourth-order valence-corrected chi connectivity index (χ4v) is 1.95. The third-order valence-electron chi connectivity index (χ3n) is 3.67. The van der Waals surface area contributed by atoms with Crippen molar-refractivity contribution in [3.05, 3.63) is 0 Å². The van der Waals surface area contributed by atoms with Crippen LogP contribution in [0.2, 0.25) is 0 Å². The molecule has 0 amide bonds. The van der Waals surface area contributed by atoms with Crippen molar-refractivity contribution in [2.45, 2.75) is 71.9 Å². The Morgan fingerprint density at radius 2 is 1.95 bits per heavy atom. The number of unbranched alkanes of at least 4 members (excludes halogenated alkanes) is 1. The number of esters is 1. The number of nitrogens with two attached hydrogens (primary N) is 1. The molecule has 4 heteroatoms. The molecule has 0 bridgehead atoms. The van der Waals surface area contributed by atoms with E-state index in [0.717, 1.165) is 19.5 Å². The Morgan fingerprint density at radius 1 is 1.32 bits per heavy atom. The highest BCUT2D eigenvalue weighted by Crippen LogP contribution is 2.13. The van der Waals surface area contributed by atoms with Crippen LogP contribution in [0.4, 0.5) is 0 Å². The van der Waals surface area contributed by atoms with E-state index >= 15 is 0 Å². The van der Waals surface area contributed by atoms with Crippen LogP contribution in [0.15, 0.2) is 0 Å². The summed E-state index contributed by atoms with van der Waals surface area (Å²) in [6.45, 7) is 12.5. The number of nitrogens with zero attached hydrogens (tertiary/aromatic N) is 1. The Labute approximate surface area is 118 Å². The van der Waals surface area contributed by atoms with Crippen LogP contribution in [0, 0.1) is 0 Å². The Kier molecular flexibility index (Phi) is 9.02. The van der Waals surface area contributed by atoms with Gasteiger partial charge in [-0.2, -0.15) is 0 Å². The van der Waals surface area contributed by atoms with Crippen LogP contribution in [0.1, 0.15) is 60.3 Å². The van der Waals surface area contributed by atoms with E-state index in [1.165, 1.54) is 12.8 Å². The monoisotopic (exact) mass is 272 g/mol. The maximum absolute atomic E-state index is 11.8. The molecule has 0 aromatic heterocycles. The minimum Gasteiger partial charge on any atom is -0.465 e. The first-order valence-corrected chi connectivity index (χ1v) is 7.59. The van der Waals surface area contributed by atoms with Gasteiger partial charge in [0, 0.05) is 12.6 Å². The van der Waals surface area contributed by atoms with Crippen molar-refractivity contribution in [1.82, 2.24) is 4.90 Å². The van der Waals surface area contributed by atoms with Crippen LogP contribution < -0.4 is 5.73 Å². The molecule has 0 aliphatic heterocycles. The number of hydrogen-bond donors (Lipinski definition) is 1. The molecule has 0 aliphatic carbocycles. The molecule has 0 aliphatic rings. The van der Waals surface area contributed by atoms with E-state index < -0.39 is 5.54 Å². The van der Waals surface area contributed by atoms with Gasteiger partial charge in [0.1, 0.15) is 5.54 Å². The first kappa shape index (κ1) is 18.4. The van der Waals surface area contributed by atoms with Gasteiger partial charge in [-0.25, -0.2) is 0 Å². The molecule has 2 N–H and O–H groups in total. The molecule has 0 aromatic rings. The minimum absolute atomic E-state index is 0.297. The highest BCUT2D eigenvalue weighted by molar-refractivity contribution is 5.79. The molecule has 0 fully saturated rings. The van der Waals surface area contributed by atoms with Crippen LogP contribution in [0.25, 0.3) is 0 Å². The highest BCUT2D eigenvalue weighted by Gasteiger charge is 2.30. The van der Waals surface area contributed by atoms with Gasteiger partial charge in [-0.1, -0.05) is 20.3 Å². The summed E-state index contributed by atoms with van der Waals surface area (Å²) in [5.74, 6) is -0.297. The molecule has 0 aromatic carbocycles. The van der Waals surface area contributed by atoms with E-state index in [2.05, 4.69) is 25.7 Å². The zero-order chi connectivity index (χ0) is 14.9. The Hall–Kier alpha value is -0.610. The summed E-state index contributed by atoms with van der Waals surface area (Å²) in [7, 11) is 0. The quantitative estimate of drug-likeness (QED) is 0.621. The number of carbonyl (C=O) groups excluding carboxylic acids is 1. The van der Waals surface area contributed by atoms with E-state index in [1.54, 1.807) is 13.8 Å². The summed E-state index contributed by atoms with van der Waals surface area (Å²) in [5.41, 5.74) is 5.18. The third kappa shape index (κ3) is 6.92. The molecule has 0 spiro atoms. The zero-order valence-electron chi connectivity index (χ0n) is 13.4. The van der Waals surface area contributed by atoms with E-state index in [9.17, 15) is 4.79 Å². The predicted molar refractivity (Wildman–Crippen MR) is 80.1 cm³/mol. The van der Waals surface area contributed by atoms with Crippen LogP contribution in [0.3, 0.4) is 0 Å². The van der Waals surface area contributed by atoms with Gasteiger partial charge in [-0.15, -0.1) is 0 Å². The molecule has 0 rings (SSSR count). The minimum atomic E-state index is -0.881. The molecule has 0 radical (unpaired) electrons. The molecule has 0 saturated carbocycles. The van der Waals surface area contributed by atoms with Gasteiger partial charge >= 0.3 is 5.97 Å². The van der Waals surface area contributed by atoms with Crippen molar-refractivity contribution in [3.63, 3.8) is 0 Å². The molecular formula is C15H32N2O2. The van der Waals surface area contributed by atoms with E-state index in [4.69, 9.17) is 10.5 Å². The van der Waals surface area contributed by atoms with Gasteiger partial charge in [0.05, 0.1) is 6.61 Å². The van der Waals surface area contributed by atoms with Crippen molar-refractivity contribution in [3.8, 4) is 0 Å². The normalized spacial score (nSPS) is 16.2. The van der Waals surface area contributed by atoms with Gasteiger partial charge < -0.3 is 15.4 Å². The van der Waals surface area contributed by atoms with E-state index in [1.807, 2.05) is 0 Å². The van der Waals surface area contributed by atoms with Gasteiger partial charge in [0.15, 0.2) is 0 Å². The Morgan fingerprint density at radius 3 is 2.42 bits per heavy atom. The van der Waals surface area contributed by atoms with Crippen molar-refractivity contribution in [2.75, 3.05) is 19.7 Å². The van der Waals surface area contributed by atoms with Crippen molar-refractivity contribution in [1.29, 1.82) is 0 Å². The van der Waals surface area contributed by atoms with Crippen molar-refractivity contribution < 1.29 is 9.53 Å². The molecule has 2 atom stereocenters. The summed E-state index contributed by atoms with van der Waals surface area (Å²) in [5, 5.41) is 0.